The lowest BCUT2D eigenvalue weighted by Gasteiger charge is -2.17. The summed E-state index contributed by atoms with van der Waals surface area (Å²) in [7, 11) is 0. The Labute approximate surface area is 99.3 Å². The van der Waals surface area contributed by atoms with E-state index in [2.05, 4.69) is 4.74 Å². The van der Waals surface area contributed by atoms with Gasteiger partial charge in [0.05, 0.1) is 6.61 Å². The second kappa shape index (κ2) is 5.65. The Morgan fingerprint density at radius 3 is 2.59 bits per heavy atom. The zero-order chi connectivity index (χ0) is 13.0. The molecule has 2 atom stereocenters. The summed E-state index contributed by atoms with van der Waals surface area (Å²) >= 11 is 0. The predicted octanol–water partition coefficient (Wildman–Crippen LogP) is 0.658. The van der Waals surface area contributed by atoms with Gasteiger partial charge in [-0.25, -0.2) is 4.79 Å². The van der Waals surface area contributed by atoms with Crippen molar-refractivity contribution in [2.24, 2.45) is 0 Å². The number of rotatable bonds is 4. The van der Waals surface area contributed by atoms with Crippen LogP contribution in [0.5, 0.6) is 5.75 Å². The Kier molecular flexibility index (Phi) is 4.48. The Morgan fingerprint density at radius 2 is 2.06 bits per heavy atom. The van der Waals surface area contributed by atoms with Gasteiger partial charge in [-0.1, -0.05) is 12.1 Å². The van der Waals surface area contributed by atoms with Crippen molar-refractivity contribution in [3.63, 3.8) is 0 Å². The number of phenols is 1. The first kappa shape index (κ1) is 13.5. The van der Waals surface area contributed by atoms with Gasteiger partial charge in [-0.05, 0) is 31.0 Å². The maximum atomic E-state index is 11.2. The molecule has 0 aromatic heterocycles. The molecule has 0 saturated carbocycles. The van der Waals surface area contributed by atoms with Crippen LogP contribution in [0.2, 0.25) is 0 Å². The zero-order valence-electron chi connectivity index (χ0n) is 9.75. The maximum absolute atomic E-state index is 11.2. The molecule has 0 heterocycles. The van der Waals surface area contributed by atoms with Crippen LogP contribution in [0.15, 0.2) is 18.2 Å². The fraction of sp³-hybridized carbons (Fsp3) is 0.417. The molecule has 0 fully saturated rings. The van der Waals surface area contributed by atoms with E-state index in [4.69, 9.17) is 0 Å². The van der Waals surface area contributed by atoms with E-state index >= 15 is 0 Å². The molecule has 5 nitrogen and oxygen atoms in total. The molecular formula is C12H16O5. The third kappa shape index (κ3) is 3.18. The van der Waals surface area contributed by atoms with Gasteiger partial charge in [-0.2, -0.15) is 0 Å². The fourth-order valence-corrected chi connectivity index (χ4v) is 1.35. The van der Waals surface area contributed by atoms with Gasteiger partial charge in [-0.15, -0.1) is 0 Å². The van der Waals surface area contributed by atoms with Crippen LogP contribution in [-0.2, 0) is 9.53 Å². The zero-order valence-corrected chi connectivity index (χ0v) is 9.75. The van der Waals surface area contributed by atoms with Crippen molar-refractivity contribution in [1.29, 1.82) is 0 Å². The van der Waals surface area contributed by atoms with Crippen molar-refractivity contribution in [1.82, 2.24) is 0 Å². The number of phenolic OH excluding ortho intramolecular Hbond substituents is 1. The molecule has 0 bridgehead atoms. The Balaban J connectivity index is 2.84. The van der Waals surface area contributed by atoms with Crippen LogP contribution >= 0.6 is 0 Å². The van der Waals surface area contributed by atoms with Gasteiger partial charge in [-0.3, -0.25) is 0 Å². The van der Waals surface area contributed by atoms with Crippen molar-refractivity contribution in [2.75, 3.05) is 6.61 Å². The van der Waals surface area contributed by atoms with Crippen LogP contribution in [0, 0.1) is 6.92 Å². The van der Waals surface area contributed by atoms with Crippen molar-refractivity contribution in [3.05, 3.63) is 29.3 Å². The van der Waals surface area contributed by atoms with E-state index < -0.39 is 18.2 Å². The molecule has 1 aromatic carbocycles. The Bertz CT molecular complexity index is 402. The normalized spacial score (nSPS) is 14.1. The minimum Gasteiger partial charge on any atom is -0.508 e. The number of hydrogen-bond donors (Lipinski definition) is 3. The van der Waals surface area contributed by atoms with Crippen LogP contribution < -0.4 is 0 Å². The molecular weight excluding hydrogens is 224 g/mol. The van der Waals surface area contributed by atoms with Crippen molar-refractivity contribution < 1.29 is 24.9 Å². The van der Waals surface area contributed by atoms with E-state index in [1.807, 2.05) is 0 Å². The van der Waals surface area contributed by atoms with Crippen LogP contribution in [0.1, 0.15) is 24.2 Å². The second-order valence-corrected chi connectivity index (χ2v) is 3.69. The molecule has 1 aromatic rings. The number of aromatic hydroxyl groups is 1. The summed E-state index contributed by atoms with van der Waals surface area (Å²) in [5.74, 6) is -0.891. The van der Waals surface area contributed by atoms with E-state index in [9.17, 15) is 20.1 Å². The molecule has 0 aliphatic heterocycles. The molecule has 3 N–H and O–H groups in total. The Morgan fingerprint density at radius 1 is 1.41 bits per heavy atom. The summed E-state index contributed by atoms with van der Waals surface area (Å²) in [6, 6.07) is 4.43. The van der Waals surface area contributed by atoms with E-state index in [1.165, 1.54) is 12.1 Å². The number of benzene rings is 1. The second-order valence-electron chi connectivity index (χ2n) is 3.69. The SMILES string of the molecule is CCOC(=O)C(O)C(O)c1ccc(C)c(O)c1. The lowest BCUT2D eigenvalue weighted by molar-refractivity contribution is -0.159. The maximum Gasteiger partial charge on any atom is 0.338 e. The minimum atomic E-state index is -1.66. The quantitative estimate of drug-likeness (QED) is 0.673. The summed E-state index contributed by atoms with van der Waals surface area (Å²) in [6.45, 7) is 3.43. The molecule has 0 aliphatic carbocycles. The molecule has 0 spiro atoms. The average Bonchev–Trinajstić information content (AvgIpc) is 2.31. The molecule has 0 amide bonds. The average molecular weight is 240 g/mol. The van der Waals surface area contributed by atoms with Gasteiger partial charge in [0.1, 0.15) is 11.9 Å². The molecule has 17 heavy (non-hydrogen) atoms. The lowest BCUT2D eigenvalue weighted by atomic mass is 10.0. The highest BCUT2D eigenvalue weighted by molar-refractivity contribution is 5.75. The van der Waals surface area contributed by atoms with E-state index in [0.717, 1.165) is 0 Å². The third-order valence-electron chi connectivity index (χ3n) is 2.40. The van der Waals surface area contributed by atoms with Crippen molar-refractivity contribution in [2.45, 2.75) is 26.1 Å². The van der Waals surface area contributed by atoms with Gasteiger partial charge in [0.25, 0.3) is 0 Å². The smallest absolute Gasteiger partial charge is 0.338 e. The van der Waals surface area contributed by atoms with Crippen LogP contribution in [-0.4, -0.2) is 34.0 Å². The molecule has 0 radical (unpaired) electrons. The van der Waals surface area contributed by atoms with Gasteiger partial charge in [0, 0.05) is 0 Å². The van der Waals surface area contributed by atoms with Crippen LogP contribution in [0.3, 0.4) is 0 Å². The molecule has 5 heteroatoms. The summed E-state index contributed by atoms with van der Waals surface area (Å²) < 4.78 is 4.59. The standard InChI is InChI=1S/C12H16O5/c1-3-17-12(16)11(15)10(14)8-5-4-7(2)9(13)6-8/h4-6,10-11,13-15H,3H2,1-2H3. The largest absolute Gasteiger partial charge is 0.508 e. The topological polar surface area (TPSA) is 87.0 Å². The monoisotopic (exact) mass is 240 g/mol. The Hall–Kier alpha value is -1.59. The fourth-order valence-electron chi connectivity index (χ4n) is 1.35. The number of carbonyl (C=O) groups is 1. The number of aliphatic hydroxyl groups excluding tert-OH is 2. The van der Waals surface area contributed by atoms with Gasteiger partial charge < -0.3 is 20.1 Å². The van der Waals surface area contributed by atoms with Crippen LogP contribution in [0.25, 0.3) is 0 Å². The summed E-state index contributed by atoms with van der Waals surface area (Å²) in [4.78, 5) is 11.2. The van der Waals surface area contributed by atoms with Crippen molar-refractivity contribution >= 4 is 5.97 Å². The van der Waals surface area contributed by atoms with E-state index in [1.54, 1.807) is 19.9 Å². The van der Waals surface area contributed by atoms with Gasteiger partial charge in [0.2, 0.25) is 0 Å². The summed E-state index contributed by atoms with van der Waals surface area (Å²) in [5, 5.41) is 28.7. The van der Waals surface area contributed by atoms with Gasteiger partial charge in [0.15, 0.2) is 6.10 Å². The minimum absolute atomic E-state index is 0.00221. The van der Waals surface area contributed by atoms with E-state index in [-0.39, 0.29) is 17.9 Å². The first-order valence-corrected chi connectivity index (χ1v) is 5.29. The number of carbonyl (C=O) groups excluding carboxylic acids is 1. The molecule has 2 unspecified atom stereocenters. The molecule has 0 aliphatic rings. The molecule has 0 saturated heterocycles. The summed E-state index contributed by atoms with van der Waals surface area (Å²) in [5.41, 5.74) is 0.903. The van der Waals surface area contributed by atoms with Crippen molar-refractivity contribution in [3.8, 4) is 5.75 Å². The van der Waals surface area contributed by atoms with Gasteiger partial charge >= 0.3 is 5.97 Å². The highest BCUT2D eigenvalue weighted by Gasteiger charge is 2.27. The number of aryl methyl sites for hydroxylation is 1. The lowest BCUT2D eigenvalue weighted by Crippen LogP contribution is -2.29. The van der Waals surface area contributed by atoms with Crippen LogP contribution in [0.4, 0.5) is 0 Å². The highest BCUT2D eigenvalue weighted by Crippen LogP contribution is 2.24. The number of hydrogen-bond acceptors (Lipinski definition) is 5. The first-order chi connectivity index (χ1) is 7.97. The third-order valence-corrected chi connectivity index (χ3v) is 2.40. The number of aliphatic hydroxyl groups is 2. The number of ether oxygens (including phenoxy) is 1. The molecule has 94 valence electrons. The van der Waals surface area contributed by atoms with E-state index in [0.29, 0.717) is 5.56 Å². The first-order valence-electron chi connectivity index (χ1n) is 5.29. The predicted molar refractivity (Wildman–Crippen MR) is 60.4 cm³/mol. The molecule has 1 rings (SSSR count). The summed E-state index contributed by atoms with van der Waals surface area (Å²) in [6.07, 6.45) is -3.07. The number of esters is 1. The highest BCUT2D eigenvalue weighted by atomic mass is 16.5.